The van der Waals surface area contributed by atoms with Gasteiger partial charge in [-0.1, -0.05) is 6.92 Å². The van der Waals surface area contributed by atoms with Crippen LogP contribution in [0.25, 0.3) is 0 Å². The summed E-state index contributed by atoms with van der Waals surface area (Å²) in [6, 6.07) is 0. The van der Waals surface area contributed by atoms with Crippen molar-refractivity contribution in [3.63, 3.8) is 0 Å². The first kappa shape index (κ1) is 12.7. The third-order valence-electron chi connectivity index (χ3n) is 2.82. The first-order valence-corrected chi connectivity index (χ1v) is 5.58. The van der Waals surface area contributed by atoms with Crippen LogP contribution in [0.2, 0.25) is 0 Å². The van der Waals surface area contributed by atoms with Crippen LogP contribution in [0.5, 0.6) is 0 Å². The van der Waals surface area contributed by atoms with Gasteiger partial charge in [-0.3, -0.25) is 19.3 Å². The van der Waals surface area contributed by atoms with E-state index >= 15 is 0 Å². The lowest BCUT2D eigenvalue weighted by molar-refractivity contribution is -0.148. The molecule has 16 heavy (non-hydrogen) atoms. The fraction of sp³-hybridized carbons (Fsp3) is 0.727. The molecule has 0 aromatic carbocycles. The first-order chi connectivity index (χ1) is 7.52. The quantitative estimate of drug-likeness (QED) is 0.712. The van der Waals surface area contributed by atoms with Gasteiger partial charge in [0.25, 0.3) is 0 Å². The Balaban J connectivity index is 2.33. The lowest BCUT2D eigenvalue weighted by Crippen LogP contribution is -2.40. The van der Waals surface area contributed by atoms with Gasteiger partial charge in [-0.2, -0.15) is 0 Å². The molecule has 1 N–H and O–H groups in total. The van der Waals surface area contributed by atoms with E-state index in [9.17, 15) is 14.4 Å². The molecule has 0 bridgehead atoms. The number of carboxylic acid groups (broad SMARTS) is 1. The molecule has 5 heteroatoms. The number of rotatable bonds is 5. The van der Waals surface area contributed by atoms with Gasteiger partial charge in [-0.05, 0) is 19.3 Å². The summed E-state index contributed by atoms with van der Waals surface area (Å²) in [4.78, 5) is 34.6. The third kappa shape index (κ3) is 3.32. The Labute approximate surface area is 94.4 Å². The number of carbonyl (C=O) groups is 3. The number of imide groups is 1. The maximum absolute atomic E-state index is 11.4. The topological polar surface area (TPSA) is 74.7 Å². The maximum atomic E-state index is 11.4. The molecule has 1 heterocycles. The Morgan fingerprint density at radius 2 is 1.94 bits per heavy atom. The van der Waals surface area contributed by atoms with Gasteiger partial charge in [-0.25, -0.2) is 0 Å². The molecule has 1 saturated heterocycles. The number of carboxylic acids is 1. The number of piperidine rings is 1. The first-order valence-electron chi connectivity index (χ1n) is 5.58. The fourth-order valence-corrected chi connectivity index (χ4v) is 1.73. The molecule has 0 aromatic rings. The van der Waals surface area contributed by atoms with Crippen molar-refractivity contribution in [1.82, 2.24) is 4.90 Å². The summed E-state index contributed by atoms with van der Waals surface area (Å²) in [6.45, 7) is 1.98. The van der Waals surface area contributed by atoms with Crippen LogP contribution >= 0.6 is 0 Å². The Bertz CT molecular complexity index is 284. The van der Waals surface area contributed by atoms with Crippen LogP contribution in [0, 0.1) is 5.92 Å². The van der Waals surface area contributed by atoms with Gasteiger partial charge < -0.3 is 5.11 Å². The van der Waals surface area contributed by atoms with Gasteiger partial charge in [-0.15, -0.1) is 0 Å². The highest BCUT2D eigenvalue weighted by atomic mass is 16.4. The van der Waals surface area contributed by atoms with Crippen molar-refractivity contribution in [2.24, 2.45) is 5.92 Å². The summed E-state index contributed by atoms with van der Waals surface area (Å²) in [5.41, 5.74) is 0. The number of hydrogen-bond acceptors (Lipinski definition) is 3. The lowest BCUT2D eigenvalue weighted by atomic mass is 10.0. The largest absolute Gasteiger partial charge is 0.481 e. The molecule has 0 saturated carbocycles. The smallest absolute Gasteiger partial charge is 0.306 e. The number of amides is 2. The second-order valence-corrected chi connectivity index (χ2v) is 4.17. The van der Waals surface area contributed by atoms with Crippen molar-refractivity contribution < 1.29 is 19.5 Å². The molecular formula is C11H17NO4. The highest BCUT2D eigenvalue weighted by Crippen LogP contribution is 2.14. The van der Waals surface area contributed by atoms with E-state index in [-0.39, 0.29) is 11.8 Å². The number of carbonyl (C=O) groups excluding carboxylic acids is 2. The van der Waals surface area contributed by atoms with Gasteiger partial charge in [0.15, 0.2) is 0 Å². The van der Waals surface area contributed by atoms with Crippen LogP contribution in [0.15, 0.2) is 0 Å². The molecule has 0 aliphatic carbocycles. The zero-order chi connectivity index (χ0) is 12.1. The van der Waals surface area contributed by atoms with E-state index in [0.717, 1.165) is 0 Å². The molecule has 90 valence electrons. The van der Waals surface area contributed by atoms with E-state index in [1.807, 2.05) is 0 Å². The number of likely N-dealkylation sites (tertiary alicyclic amines) is 1. The molecule has 1 aliphatic heterocycles. The second-order valence-electron chi connectivity index (χ2n) is 4.17. The van der Waals surface area contributed by atoms with Crippen LogP contribution in [0.4, 0.5) is 0 Å². The summed E-state index contributed by atoms with van der Waals surface area (Å²) >= 11 is 0. The molecule has 5 nitrogen and oxygen atoms in total. The highest BCUT2D eigenvalue weighted by molar-refractivity contribution is 5.97. The predicted molar refractivity (Wildman–Crippen MR) is 56.6 cm³/mol. The highest BCUT2D eigenvalue weighted by Gasteiger charge is 2.25. The zero-order valence-electron chi connectivity index (χ0n) is 9.44. The van der Waals surface area contributed by atoms with Crippen molar-refractivity contribution in [3.8, 4) is 0 Å². The molecule has 1 fully saturated rings. The predicted octanol–water partition coefficient (Wildman–Crippen LogP) is 1.03. The molecule has 0 radical (unpaired) electrons. The Morgan fingerprint density at radius 1 is 1.38 bits per heavy atom. The van der Waals surface area contributed by atoms with E-state index in [1.165, 1.54) is 4.90 Å². The van der Waals surface area contributed by atoms with Gasteiger partial charge in [0.2, 0.25) is 11.8 Å². The SMILES string of the molecule is CC(CCCN1C(=O)CCCC1=O)C(=O)O. The van der Waals surface area contributed by atoms with Crippen molar-refractivity contribution in [2.45, 2.75) is 39.0 Å². The van der Waals surface area contributed by atoms with Crippen LogP contribution in [0.1, 0.15) is 39.0 Å². The Kier molecular flexibility index (Phi) is 4.46. The van der Waals surface area contributed by atoms with Crippen molar-refractivity contribution >= 4 is 17.8 Å². The van der Waals surface area contributed by atoms with Crippen LogP contribution < -0.4 is 0 Å². The van der Waals surface area contributed by atoms with Crippen molar-refractivity contribution in [2.75, 3.05) is 6.54 Å². The van der Waals surface area contributed by atoms with E-state index in [2.05, 4.69) is 0 Å². The minimum atomic E-state index is -0.837. The summed E-state index contributed by atoms with van der Waals surface area (Å²) in [5, 5.41) is 8.68. The summed E-state index contributed by atoms with van der Waals surface area (Å²) in [6.07, 6.45) is 2.55. The number of nitrogens with zero attached hydrogens (tertiary/aromatic N) is 1. The molecule has 1 aliphatic rings. The van der Waals surface area contributed by atoms with Crippen molar-refractivity contribution in [1.29, 1.82) is 0 Å². The average molecular weight is 227 g/mol. The number of aliphatic carboxylic acids is 1. The molecule has 2 amide bonds. The molecular weight excluding hydrogens is 210 g/mol. The lowest BCUT2D eigenvalue weighted by Gasteiger charge is -2.24. The fourth-order valence-electron chi connectivity index (χ4n) is 1.73. The van der Waals surface area contributed by atoms with Gasteiger partial charge in [0.05, 0.1) is 5.92 Å². The summed E-state index contributed by atoms with van der Waals surface area (Å²) in [7, 11) is 0. The Morgan fingerprint density at radius 3 is 2.44 bits per heavy atom. The van der Waals surface area contributed by atoms with E-state index < -0.39 is 11.9 Å². The van der Waals surface area contributed by atoms with Crippen LogP contribution in [-0.2, 0) is 14.4 Å². The molecule has 1 unspecified atom stereocenters. The van der Waals surface area contributed by atoms with E-state index in [1.54, 1.807) is 6.92 Å². The normalized spacial score (nSPS) is 18.7. The summed E-state index contributed by atoms with van der Waals surface area (Å²) in [5.74, 6) is -1.51. The van der Waals surface area contributed by atoms with E-state index in [4.69, 9.17) is 5.11 Å². The number of hydrogen-bond donors (Lipinski definition) is 1. The molecule has 0 spiro atoms. The van der Waals surface area contributed by atoms with Crippen LogP contribution in [0.3, 0.4) is 0 Å². The van der Waals surface area contributed by atoms with Gasteiger partial charge in [0, 0.05) is 19.4 Å². The molecule has 0 aromatic heterocycles. The Hall–Kier alpha value is -1.39. The standard InChI is InChI=1S/C11H17NO4/c1-8(11(15)16)4-3-7-12-9(13)5-2-6-10(12)14/h8H,2-7H2,1H3,(H,15,16). The second kappa shape index (κ2) is 5.63. The summed E-state index contributed by atoms with van der Waals surface area (Å²) < 4.78 is 0. The van der Waals surface area contributed by atoms with Gasteiger partial charge >= 0.3 is 5.97 Å². The third-order valence-corrected chi connectivity index (χ3v) is 2.82. The van der Waals surface area contributed by atoms with E-state index in [0.29, 0.717) is 38.6 Å². The molecule has 1 rings (SSSR count). The zero-order valence-corrected chi connectivity index (χ0v) is 9.44. The minimum absolute atomic E-state index is 0.126. The minimum Gasteiger partial charge on any atom is -0.481 e. The van der Waals surface area contributed by atoms with Gasteiger partial charge in [0.1, 0.15) is 0 Å². The monoisotopic (exact) mass is 227 g/mol. The molecule has 1 atom stereocenters. The average Bonchev–Trinajstić information content (AvgIpc) is 2.22. The van der Waals surface area contributed by atoms with Crippen molar-refractivity contribution in [3.05, 3.63) is 0 Å². The maximum Gasteiger partial charge on any atom is 0.306 e. The van der Waals surface area contributed by atoms with Crippen LogP contribution in [-0.4, -0.2) is 34.3 Å².